The van der Waals surface area contributed by atoms with Gasteiger partial charge >= 0.3 is 0 Å². The van der Waals surface area contributed by atoms with Gasteiger partial charge in [-0.3, -0.25) is 0 Å². The van der Waals surface area contributed by atoms with Gasteiger partial charge in [-0.15, -0.1) is 0 Å². The van der Waals surface area contributed by atoms with Crippen molar-refractivity contribution in [2.24, 2.45) is 0 Å². The number of anilines is 1. The second kappa shape index (κ2) is 4.31. The summed E-state index contributed by atoms with van der Waals surface area (Å²) in [5.41, 5.74) is 1.69. The van der Waals surface area contributed by atoms with Crippen LogP contribution in [0.15, 0.2) is 12.1 Å². The molecule has 0 aliphatic carbocycles. The molecule has 3 N–H and O–H groups in total. The van der Waals surface area contributed by atoms with Crippen LogP contribution in [0, 0.1) is 0 Å². The van der Waals surface area contributed by atoms with Crippen LogP contribution in [0.2, 0.25) is 0 Å². The summed E-state index contributed by atoms with van der Waals surface area (Å²) in [5.74, 6) is 1.71. The third-order valence-corrected chi connectivity index (χ3v) is 2.87. The Morgan fingerprint density at radius 1 is 1.41 bits per heavy atom. The standard InChI is InChI=1S/C11H15N5O/c1-12-9-3-2-7-10(15-9)16-11(14-7)8-6-17-5-4-13-8/h2-3,8,13H,4-6H2,1H3,(H2,12,14,15,16). The Hall–Kier alpha value is -1.66. The van der Waals surface area contributed by atoms with Crippen LogP contribution in [-0.4, -0.2) is 41.8 Å². The number of nitrogens with one attached hydrogen (secondary N) is 3. The molecule has 0 amide bonds. The number of hydrogen-bond donors (Lipinski definition) is 3. The van der Waals surface area contributed by atoms with Gasteiger partial charge in [0.25, 0.3) is 0 Å². The topological polar surface area (TPSA) is 74.9 Å². The number of pyridine rings is 1. The third-order valence-electron chi connectivity index (χ3n) is 2.87. The average molecular weight is 233 g/mol. The number of nitrogens with zero attached hydrogens (tertiary/aromatic N) is 2. The Morgan fingerprint density at radius 2 is 2.35 bits per heavy atom. The van der Waals surface area contributed by atoms with Crippen LogP contribution in [0.3, 0.4) is 0 Å². The number of hydrogen-bond acceptors (Lipinski definition) is 5. The Labute approximate surface area is 98.8 Å². The number of aromatic amines is 1. The average Bonchev–Trinajstić information content (AvgIpc) is 2.82. The number of aromatic nitrogens is 3. The molecule has 1 fully saturated rings. The highest BCUT2D eigenvalue weighted by molar-refractivity contribution is 5.72. The van der Waals surface area contributed by atoms with Gasteiger partial charge < -0.3 is 20.4 Å². The molecule has 3 heterocycles. The van der Waals surface area contributed by atoms with Crippen molar-refractivity contribution in [3.8, 4) is 0 Å². The number of imidazole rings is 1. The van der Waals surface area contributed by atoms with E-state index in [4.69, 9.17) is 4.74 Å². The van der Waals surface area contributed by atoms with E-state index in [1.165, 1.54) is 0 Å². The highest BCUT2D eigenvalue weighted by Crippen LogP contribution is 2.18. The summed E-state index contributed by atoms with van der Waals surface area (Å²) in [6, 6.07) is 4.04. The minimum atomic E-state index is 0.135. The monoisotopic (exact) mass is 233 g/mol. The van der Waals surface area contributed by atoms with E-state index in [0.29, 0.717) is 6.61 Å². The SMILES string of the molecule is CNc1ccc2[nH]c(C3COCCN3)nc2n1. The molecule has 1 atom stereocenters. The van der Waals surface area contributed by atoms with Crippen LogP contribution >= 0.6 is 0 Å². The van der Waals surface area contributed by atoms with Crippen molar-refractivity contribution in [2.45, 2.75) is 6.04 Å². The van der Waals surface area contributed by atoms with Crippen molar-refractivity contribution in [1.29, 1.82) is 0 Å². The highest BCUT2D eigenvalue weighted by Gasteiger charge is 2.19. The number of fused-ring (bicyclic) bond motifs is 1. The fourth-order valence-electron chi connectivity index (χ4n) is 1.96. The molecule has 0 aromatic carbocycles. The maximum absolute atomic E-state index is 5.42. The maximum atomic E-state index is 5.42. The van der Waals surface area contributed by atoms with Crippen LogP contribution in [0.5, 0.6) is 0 Å². The van der Waals surface area contributed by atoms with E-state index in [9.17, 15) is 0 Å². The van der Waals surface area contributed by atoms with Crippen LogP contribution in [0.25, 0.3) is 11.2 Å². The second-order valence-corrected chi connectivity index (χ2v) is 4.02. The first kappa shape index (κ1) is 10.5. The normalized spacial score (nSPS) is 20.6. The quantitative estimate of drug-likeness (QED) is 0.710. The van der Waals surface area contributed by atoms with E-state index in [1.54, 1.807) is 0 Å². The molecule has 0 spiro atoms. The number of ether oxygens (including phenoxy) is 1. The van der Waals surface area contributed by atoms with Crippen molar-refractivity contribution in [1.82, 2.24) is 20.3 Å². The lowest BCUT2D eigenvalue weighted by Gasteiger charge is -2.21. The molecule has 6 heteroatoms. The molecule has 6 nitrogen and oxygen atoms in total. The van der Waals surface area contributed by atoms with E-state index >= 15 is 0 Å². The fourth-order valence-corrected chi connectivity index (χ4v) is 1.96. The predicted molar refractivity (Wildman–Crippen MR) is 65.0 cm³/mol. The third kappa shape index (κ3) is 1.96. The molecule has 90 valence electrons. The lowest BCUT2D eigenvalue weighted by Crippen LogP contribution is -2.35. The Balaban J connectivity index is 1.95. The summed E-state index contributed by atoms with van der Waals surface area (Å²) in [5, 5.41) is 6.37. The summed E-state index contributed by atoms with van der Waals surface area (Å²) in [6.45, 7) is 2.27. The van der Waals surface area contributed by atoms with Crippen molar-refractivity contribution in [3.05, 3.63) is 18.0 Å². The molecule has 0 radical (unpaired) electrons. The molecule has 2 aromatic rings. The van der Waals surface area contributed by atoms with E-state index in [1.807, 2.05) is 19.2 Å². The molecule has 1 unspecified atom stereocenters. The lowest BCUT2D eigenvalue weighted by atomic mass is 10.3. The number of rotatable bonds is 2. The van der Waals surface area contributed by atoms with E-state index in [2.05, 4.69) is 25.6 Å². The van der Waals surface area contributed by atoms with E-state index < -0.39 is 0 Å². The molecular weight excluding hydrogens is 218 g/mol. The largest absolute Gasteiger partial charge is 0.378 e. The molecule has 1 aliphatic rings. The molecular formula is C11H15N5O. The summed E-state index contributed by atoms with van der Waals surface area (Å²) >= 11 is 0. The van der Waals surface area contributed by atoms with Gasteiger partial charge in [-0.1, -0.05) is 0 Å². The molecule has 17 heavy (non-hydrogen) atoms. The van der Waals surface area contributed by atoms with Gasteiger partial charge in [0, 0.05) is 13.6 Å². The Bertz CT molecular complexity index is 518. The second-order valence-electron chi connectivity index (χ2n) is 4.02. The zero-order valence-electron chi connectivity index (χ0n) is 9.66. The van der Waals surface area contributed by atoms with Gasteiger partial charge in [-0.25, -0.2) is 9.97 Å². The molecule has 0 bridgehead atoms. The molecule has 1 saturated heterocycles. The van der Waals surface area contributed by atoms with E-state index in [0.717, 1.165) is 36.0 Å². The first-order valence-corrected chi connectivity index (χ1v) is 5.72. The lowest BCUT2D eigenvalue weighted by molar-refractivity contribution is 0.0746. The molecule has 0 saturated carbocycles. The fraction of sp³-hybridized carbons (Fsp3) is 0.455. The zero-order valence-corrected chi connectivity index (χ0v) is 9.66. The molecule has 3 rings (SSSR count). The van der Waals surface area contributed by atoms with Crippen molar-refractivity contribution >= 4 is 17.0 Å². The highest BCUT2D eigenvalue weighted by atomic mass is 16.5. The summed E-state index contributed by atoms with van der Waals surface area (Å²) < 4.78 is 5.42. The van der Waals surface area contributed by atoms with Crippen molar-refractivity contribution in [3.63, 3.8) is 0 Å². The number of H-pyrrole nitrogens is 1. The Morgan fingerprint density at radius 3 is 3.12 bits per heavy atom. The minimum absolute atomic E-state index is 0.135. The van der Waals surface area contributed by atoms with Gasteiger partial charge in [0.1, 0.15) is 11.6 Å². The zero-order chi connectivity index (χ0) is 11.7. The van der Waals surface area contributed by atoms with Gasteiger partial charge in [0.15, 0.2) is 5.65 Å². The summed E-state index contributed by atoms with van der Waals surface area (Å²) in [4.78, 5) is 12.2. The number of morpholine rings is 1. The summed E-state index contributed by atoms with van der Waals surface area (Å²) in [7, 11) is 1.85. The first-order valence-electron chi connectivity index (χ1n) is 5.72. The van der Waals surface area contributed by atoms with Gasteiger partial charge in [0.2, 0.25) is 0 Å². The summed E-state index contributed by atoms with van der Waals surface area (Å²) in [6.07, 6.45) is 0. The molecule has 2 aromatic heterocycles. The first-order chi connectivity index (χ1) is 8.36. The van der Waals surface area contributed by atoms with Crippen LogP contribution in [-0.2, 0) is 4.74 Å². The smallest absolute Gasteiger partial charge is 0.179 e. The van der Waals surface area contributed by atoms with Crippen LogP contribution in [0.1, 0.15) is 11.9 Å². The van der Waals surface area contributed by atoms with Gasteiger partial charge in [-0.05, 0) is 12.1 Å². The molecule has 1 aliphatic heterocycles. The van der Waals surface area contributed by atoms with Crippen LogP contribution in [0.4, 0.5) is 5.82 Å². The van der Waals surface area contributed by atoms with Crippen molar-refractivity contribution in [2.75, 3.05) is 32.1 Å². The predicted octanol–water partition coefficient (Wildman–Crippen LogP) is 0.660. The maximum Gasteiger partial charge on any atom is 0.179 e. The minimum Gasteiger partial charge on any atom is -0.378 e. The van der Waals surface area contributed by atoms with Crippen molar-refractivity contribution < 1.29 is 4.74 Å². The Kier molecular flexibility index (Phi) is 2.66. The van der Waals surface area contributed by atoms with Gasteiger partial charge in [0.05, 0.1) is 24.8 Å². The van der Waals surface area contributed by atoms with Gasteiger partial charge in [-0.2, -0.15) is 0 Å². The van der Waals surface area contributed by atoms with Crippen LogP contribution < -0.4 is 10.6 Å². The van der Waals surface area contributed by atoms with E-state index in [-0.39, 0.29) is 6.04 Å².